The van der Waals surface area contributed by atoms with Crippen molar-refractivity contribution in [2.45, 2.75) is 10.1 Å². The predicted octanol–water partition coefficient (Wildman–Crippen LogP) is 1.49. The molecule has 0 aliphatic heterocycles. The van der Waals surface area contributed by atoms with Crippen LogP contribution in [-0.2, 0) is 7.05 Å². The molecule has 3 rings (SSSR count). The zero-order valence-electron chi connectivity index (χ0n) is 9.61. The van der Waals surface area contributed by atoms with E-state index in [1.54, 1.807) is 24.1 Å². The summed E-state index contributed by atoms with van der Waals surface area (Å²) in [4.78, 5) is 5.01. The van der Waals surface area contributed by atoms with Gasteiger partial charge in [-0.15, -0.1) is 5.10 Å². The summed E-state index contributed by atoms with van der Waals surface area (Å²) in [7, 11) is 1.80. The maximum absolute atomic E-state index is 6.16. The second-order valence-corrected chi connectivity index (χ2v) is 4.77. The summed E-state index contributed by atoms with van der Waals surface area (Å²) in [6.45, 7) is 0. The molecule has 0 bridgehead atoms. The number of nitrogens with two attached hydrogens (primary N) is 1. The molecule has 3 aromatic rings. The van der Waals surface area contributed by atoms with E-state index in [0.717, 1.165) is 21.4 Å². The lowest BCUT2D eigenvalue weighted by Gasteiger charge is -2.07. The van der Waals surface area contributed by atoms with Crippen LogP contribution in [0.4, 0.5) is 5.69 Å². The van der Waals surface area contributed by atoms with E-state index in [4.69, 9.17) is 5.73 Å². The van der Waals surface area contributed by atoms with Crippen LogP contribution in [0.5, 0.6) is 0 Å². The second-order valence-electron chi connectivity index (χ2n) is 3.76. The van der Waals surface area contributed by atoms with Crippen molar-refractivity contribution in [3.8, 4) is 0 Å². The lowest BCUT2D eigenvalue weighted by molar-refractivity contribution is 0.664. The van der Waals surface area contributed by atoms with Crippen LogP contribution in [0.3, 0.4) is 0 Å². The van der Waals surface area contributed by atoms with Gasteiger partial charge in [0.2, 0.25) is 5.16 Å². The van der Waals surface area contributed by atoms with Crippen LogP contribution in [0.1, 0.15) is 0 Å². The van der Waals surface area contributed by atoms with E-state index in [9.17, 15) is 0 Å². The first-order valence-electron chi connectivity index (χ1n) is 5.28. The van der Waals surface area contributed by atoms with Crippen molar-refractivity contribution >= 4 is 28.2 Å². The number of nitrogen functional groups attached to an aromatic ring is 1. The fraction of sp³-hybridized carbons (Fsp3) is 0.0909. The Bertz CT molecular complexity index is 708. The number of aryl methyl sites for hydroxylation is 1. The second kappa shape index (κ2) is 4.26. The fourth-order valence-electron chi connectivity index (χ4n) is 1.67. The molecule has 0 spiro atoms. The minimum Gasteiger partial charge on any atom is -0.397 e. The zero-order valence-corrected chi connectivity index (χ0v) is 10.4. The predicted molar refractivity (Wildman–Crippen MR) is 69.1 cm³/mol. The van der Waals surface area contributed by atoms with Gasteiger partial charge in [-0.3, -0.25) is 4.98 Å². The number of rotatable bonds is 2. The molecule has 0 fully saturated rings. The van der Waals surface area contributed by atoms with Gasteiger partial charge in [0, 0.05) is 35.1 Å². The molecular weight excluding hydrogens is 248 g/mol. The Hall–Kier alpha value is -2.15. The SMILES string of the molecule is Cn1nnnc1Sc1ccc2cnccc2c1N. The number of aromatic nitrogens is 5. The Kier molecular flexibility index (Phi) is 2.60. The molecule has 18 heavy (non-hydrogen) atoms. The lowest BCUT2D eigenvalue weighted by Crippen LogP contribution is -1.95. The molecule has 2 aromatic heterocycles. The van der Waals surface area contributed by atoms with E-state index in [1.165, 1.54) is 11.8 Å². The van der Waals surface area contributed by atoms with Crippen molar-refractivity contribution in [3.05, 3.63) is 30.6 Å². The third-order valence-electron chi connectivity index (χ3n) is 2.60. The van der Waals surface area contributed by atoms with Gasteiger partial charge in [-0.2, -0.15) is 0 Å². The number of hydrogen-bond donors (Lipinski definition) is 1. The highest BCUT2D eigenvalue weighted by Gasteiger charge is 2.09. The summed E-state index contributed by atoms with van der Waals surface area (Å²) in [5, 5.41) is 14.0. The molecule has 0 atom stereocenters. The van der Waals surface area contributed by atoms with E-state index >= 15 is 0 Å². The molecule has 0 unspecified atom stereocenters. The standard InChI is InChI=1S/C11H10N6S/c1-17-11(14-15-16-17)18-9-3-2-7-6-13-5-4-8(7)10(9)12/h2-6H,12H2,1H3. The van der Waals surface area contributed by atoms with Crippen LogP contribution in [-0.4, -0.2) is 25.2 Å². The molecule has 0 saturated heterocycles. The first-order valence-corrected chi connectivity index (χ1v) is 6.10. The molecule has 7 heteroatoms. The quantitative estimate of drug-likeness (QED) is 0.701. The van der Waals surface area contributed by atoms with Gasteiger partial charge < -0.3 is 5.73 Å². The third-order valence-corrected chi connectivity index (χ3v) is 3.71. The first kappa shape index (κ1) is 11.0. The van der Waals surface area contributed by atoms with Crippen molar-refractivity contribution in [2.24, 2.45) is 7.05 Å². The third kappa shape index (κ3) is 1.78. The highest BCUT2D eigenvalue weighted by atomic mass is 32.2. The molecule has 2 heterocycles. The largest absolute Gasteiger partial charge is 0.397 e. The van der Waals surface area contributed by atoms with Crippen LogP contribution in [0.2, 0.25) is 0 Å². The molecule has 6 nitrogen and oxygen atoms in total. The van der Waals surface area contributed by atoms with E-state index in [-0.39, 0.29) is 0 Å². The van der Waals surface area contributed by atoms with Gasteiger partial charge in [0.15, 0.2) is 0 Å². The number of pyridine rings is 1. The molecule has 90 valence electrons. The van der Waals surface area contributed by atoms with E-state index in [1.807, 2.05) is 18.2 Å². The molecule has 0 saturated carbocycles. The summed E-state index contributed by atoms with van der Waals surface area (Å²) in [6, 6.07) is 5.85. The summed E-state index contributed by atoms with van der Waals surface area (Å²) in [5.41, 5.74) is 6.88. The highest BCUT2D eigenvalue weighted by Crippen LogP contribution is 2.34. The number of hydrogen-bond acceptors (Lipinski definition) is 6. The van der Waals surface area contributed by atoms with Gasteiger partial charge in [-0.1, -0.05) is 6.07 Å². The van der Waals surface area contributed by atoms with Crippen LogP contribution in [0.15, 0.2) is 40.6 Å². The molecule has 2 N–H and O–H groups in total. The maximum Gasteiger partial charge on any atom is 0.213 e. The van der Waals surface area contributed by atoms with Gasteiger partial charge in [0.1, 0.15) is 0 Å². The van der Waals surface area contributed by atoms with Crippen LogP contribution < -0.4 is 5.73 Å². The average Bonchev–Trinajstić information content (AvgIpc) is 2.79. The van der Waals surface area contributed by atoms with Crippen molar-refractivity contribution in [3.63, 3.8) is 0 Å². The minimum absolute atomic E-state index is 0.704. The number of tetrazole rings is 1. The fourth-order valence-corrected chi connectivity index (χ4v) is 2.47. The smallest absolute Gasteiger partial charge is 0.213 e. The Balaban J connectivity index is 2.08. The Morgan fingerprint density at radius 1 is 1.28 bits per heavy atom. The van der Waals surface area contributed by atoms with Gasteiger partial charge in [-0.25, -0.2) is 4.68 Å². The molecule has 0 amide bonds. The van der Waals surface area contributed by atoms with E-state index in [0.29, 0.717) is 5.16 Å². The highest BCUT2D eigenvalue weighted by molar-refractivity contribution is 7.99. The zero-order chi connectivity index (χ0) is 12.5. The minimum atomic E-state index is 0.704. The van der Waals surface area contributed by atoms with Gasteiger partial charge in [0.25, 0.3) is 0 Å². The van der Waals surface area contributed by atoms with Crippen molar-refractivity contribution in [1.82, 2.24) is 25.2 Å². The summed E-state index contributed by atoms with van der Waals surface area (Å²) in [6.07, 6.45) is 3.53. The molecule has 0 aliphatic carbocycles. The van der Waals surface area contributed by atoms with E-state index < -0.39 is 0 Å². The average molecular weight is 258 g/mol. The van der Waals surface area contributed by atoms with Crippen molar-refractivity contribution in [2.75, 3.05) is 5.73 Å². The Labute approximate surface area is 107 Å². The summed E-state index contributed by atoms with van der Waals surface area (Å²) in [5.74, 6) is 0. The van der Waals surface area contributed by atoms with Gasteiger partial charge in [-0.05, 0) is 34.3 Å². The van der Waals surface area contributed by atoms with Crippen molar-refractivity contribution in [1.29, 1.82) is 0 Å². The van der Waals surface area contributed by atoms with E-state index in [2.05, 4.69) is 20.5 Å². The monoisotopic (exact) mass is 258 g/mol. The maximum atomic E-state index is 6.16. The van der Waals surface area contributed by atoms with Crippen LogP contribution in [0.25, 0.3) is 10.8 Å². The summed E-state index contributed by atoms with van der Waals surface area (Å²) >= 11 is 1.44. The normalized spacial score (nSPS) is 10.9. The van der Waals surface area contributed by atoms with Gasteiger partial charge in [0.05, 0.1) is 5.69 Å². The molecular formula is C11H10N6S. The number of nitrogens with zero attached hydrogens (tertiary/aromatic N) is 5. The van der Waals surface area contributed by atoms with Crippen molar-refractivity contribution < 1.29 is 0 Å². The number of benzene rings is 1. The number of anilines is 1. The Morgan fingerprint density at radius 3 is 2.94 bits per heavy atom. The number of fused-ring (bicyclic) bond motifs is 1. The lowest BCUT2D eigenvalue weighted by atomic mass is 10.1. The first-order chi connectivity index (χ1) is 8.75. The van der Waals surface area contributed by atoms with Crippen LogP contribution in [0, 0.1) is 0 Å². The van der Waals surface area contributed by atoms with Gasteiger partial charge >= 0.3 is 0 Å². The molecule has 1 aromatic carbocycles. The Morgan fingerprint density at radius 2 is 2.17 bits per heavy atom. The molecule has 0 radical (unpaired) electrons. The summed E-state index contributed by atoms with van der Waals surface area (Å²) < 4.78 is 1.61. The molecule has 0 aliphatic rings. The topological polar surface area (TPSA) is 82.5 Å². The van der Waals surface area contributed by atoms with Crippen LogP contribution >= 0.6 is 11.8 Å².